The van der Waals surface area contributed by atoms with Crippen molar-refractivity contribution in [2.24, 2.45) is 16.2 Å². The lowest BCUT2D eigenvalue weighted by atomic mass is 9.89. The van der Waals surface area contributed by atoms with Crippen molar-refractivity contribution in [3.05, 3.63) is 12.2 Å². The number of hydrogen-bond donors (Lipinski definition) is 0. The number of rotatable bonds is 35. The lowest BCUT2D eigenvalue weighted by Crippen LogP contribution is -2.20. The van der Waals surface area contributed by atoms with Crippen LogP contribution < -0.4 is 0 Å². The molecule has 0 aromatic rings. The third kappa shape index (κ3) is 36.4. The van der Waals surface area contributed by atoms with Gasteiger partial charge < -0.3 is 4.74 Å². The third-order valence-corrected chi connectivity index (χ3v) is 12.0. The van der Waals surface area contributed by atoms with E-state index in [1.165, 1.54) is 135 Å². The molecule has 0 aliphatic carbocycles. The predicted octanol–water partition coefficient (Wildman–Crippen LogP) is 15.6. The smallest absolute Gasteiger partial charge is 0.333 e. The van der Waals surface area contributed by atoms with Crippen molar-refractivity contribution in [3.63, 3.8) is 0 Å². The summed E-state index contributed by atoms with van der Waals surface area (Å²) in [6, 6.07) is 0. The van der Waals surface area contributed by atoms with Gasteiger partial charge in [-0.2, -0.15) is 0 Å². The molecule has 0 fully saturated rings. The molecule has 0 aliphatic rings. The fraction of sp³-hybridized carbons (Fsp3) is 0.935. The van der Waals surface area contributed by atoms with E-state index >= 15 is 0 Å². The summed E-state index contributed by atoms with van der Waals surface area (Å²) in [5.74, 6) is 0.296. The van der Waals surface area contributed by atoms with Crippen molar-refractivity contribution in [1.82, 2.24) is 0 Å². The summed E-state index contributed by atoms with van der Waals surface area (Å²) in [5, 5.41) is 0. The molecular formula is C46H92O5S. The van der Waals surface area contributed by atoms with Crippen molar-refractivity contribution in [1.29, 1.82) is 0 Å². The molecule has 0 radical (unpaired) electrons. The van der Waals surface area contributed by atoms with E-state index in [4.69, 9.17) is 17.3 Å². The molecule has 0 aromatic carbocycles. The summed E-state index contributed by atoms with van der Waals surface area (Å²) in [6.07, 6.45) is 30.9. The maximum atomic E-state index is 12.1. The average Bonchev–Trinajstić information content (AvgIpc) is 3.03. The Morgan fingerprint density at radius 3 is 0.962 bits per heavy atom. The van der Waals surface area contributed by atoms with E-state index in [1.54, 1.807) is 6.92 Å². The van der Waals surface area contributed by atoms with Crippen molar-refractivity contribution in [2.45, 2.75) is 230 Å². The Morgan fingerprint density at radius 1 is 0.423 bits per heavy atom. The average molecular weight is 757 g/mol. The van der Waals surface area contributed by atoms with E-state index in [1.807, 2.05) is 0 Å². The fourth-order valence-electron chi connectivity index (χ4n) is 6.28. The summed E-state index contributed by atoms with van der Waals surface area (Å²) >= 11 is 0. The van der Waals surface area contributed by atoms with Gasteiger partial charge in [0.05, 0.1) is 37.3 Å². The van der Waals surface area contributed by atoms with Gasteiger partial charge in [0.25, 0.3) is 0 Å². The number of esters is 1. The van der Waals surface area contributed by atoms with Crippen LogP contribution in [0.4, 0.5) is 0 Å². The maximum Gasteiger partial charge on any atom is 0.333 e. The molecule has 0 rings (SSSR count). The quantitative estimate of drug-likeness (QED) is 0.0366. The van der Waals surface area contributed by atoms with E-state index in [2.05, 4.69) is 68.9 Å². The number of carbonyl (C=O) groups is 1. The van der Waals surface area contributed by atoms with Crippen molar-refractivity contribution in [3.8, 4) is 0 Å². The molecule has 0 saturated carbocycles. The molecule has 0 N–H and O–H groups in total. The van der Waals surface area contributed by atoms with E-state index in [9.17, 15) is 4.79 Å². The molecule has 0 aliphatic heterocycles. The SMILES string of the molecule is C=C(C)C(=O)OCCCS(OCCCCCCCCCC(C)(C)C)(OCCCCCCCCCC(C)(C)C)OCCCCCCCCCC(C)(C)C. The summed E-state index contributed by atoms with van der Waals surface area (Å²) in [6.45, 7) is 28.8. The van der Waals surface area contributed by atoms with E-state index in [0.29, 0.717) is 60.4 Å². The van der Waals surface area contributed by atoms with E-state index < -0.39 is 10.9 Å². The molecule has 6 heteroatoms. The van der Waals surface area contributed by atoms with Gasteiger partial charge in [-0.1, -0.05) is 184 Å². The highest BCUT2D eigenvalue weighted by atomic mass is 32.3. The van der Waals surface area contributed by atoms with Crippen molar-refractivity contribution >= 4 is 16.8 Å². The van der Waals surface area contributed by atoms with Crippen LogP contribution in [-0.4, -0.2) is 38.1 Å². The van der Waals surface area contributed by atoms with Crippen LogP contribution in [-0.2, 0) is 22.1 Å². The van der Waals surface area contributed by atoms with E-state index in [0.717, 1.165) is 19.3 Å². The van der Waals surface area contributed by atoms with Crippen LogP contribution in [0, 0.1) is 16.2 Å². The van der Waals surface area contributed by atoms with Crippen LogP contribution in [0.25, 0.3) is 0 Å². The lowest BCUT2D eigenvalue weighted by molar-refractivity contribution is -0.138. The minimum absolute atomic E-state index is 0.330. The summed E-state index contributed by atoms with van der Waals surface area (Å²) in [5.41, 5.74) is 1.76. The van der Waals surface area contributed by atoms with Crippen LogP contribution in [0.5, 0.6) is 0 Å². The second kappa shape index (κ2) is 30.6. The molecule has 0 unspecified atom stereocenters. The highest BCUT2D eigenvalue weighted by Gasteiger charge is 2.28. The molecule has 5 nitrogen and oxygen atoms in total. The van der Waals surface area contributed by atoms with Crippen LogP contribution in [0.1, 0.15) is 230 Å². The van der Waals surface area contributed by atoms with Gasteiger partial charge in [0.15, 0.2) is 0 Å². The number of ether oxygens (including phenoxy) is 1. The lowest BCUT2D eigenvalue weighted by Gasteiger charge is -2.38. The molecule has 0 aromatic heterocycles. The maximum absolute atomic E-state index is 12.1. The van der Waals surface area contributed by atoms with Gasteiger partial charge in [-0.15, -0.1) is 0 Å². The van der Waals surface area contributed by atoms with Gasteiger partial charge in [0.1, 0.15) is 0 Å². The summed E-state index contributed by atoms with van der Waals surface area (Å²) in [7, 11) is -2.18. The molecule has 0 saturated heterocycles. The van der Waals surface area contributed by atoms with Crippen molar-refractivity contribution in [2.75, 3.05) is 32.2 Å². The van der Waals surface area contributed by atoms with Gasteiger partial charge in [-0.05, 0) is 68.1 Å². The normalized spacial score (nSPS) is 13.1. The van der Waals surface area contributed by atoms with E-state index in [-0.39, 0.29) is 5.97 Å². The Kier molecular flexibility index (Phi) is 30.3. The first-order chi connectivity index (χ1) is 24.4. The van der Waals surface area contributed by atoms with Crippen molar-refractivity contribution < 1.29 is 22.1 Å². The van der Waals surface area contributed by atoms with Gasteiger partial charge in [0.2, 0.25) is 0 Å². The largest absolute Gasteiger partial charge is 0.462 e. The van der Waals surface area contributed by atoms with Crippen LogP contribution in [0.15, 0.2) is 12.2 Å². The molecule has 0 spiro atoms. The van der Waals surface area contributed by atoms with Gasteiger partial charge in [0, 0.05) is 11.3 Å². The highest BCUT2D eigenvalue weighted by molar-refractivity contribution is 8.21. The Morgan fingerprint density at radius 2 is 0.692 bits per heavy atom. The molecule has 0 bridgehead atoms. The summed E-state index contributed by atoms with van der Waals surface area (Å²) < 4.78 is 25.4. The van der Waals surface area contributed by atoms with Crippen LogP contribution in [0.3, 0.4) is 0 Å². The highest BCUT2D eigenvalue weighted by Crippen LogP contribution is 2.52. The first-order valence-electron chi connectivity index (χ1n) is 22.0. The number of unbranched alkanes of at least 4 members (excludes halogenated alkanes) is 18. The zero-order chi connectivity index (χ0) is 39.2. The summed E-state index contributed by atoms with van der Waals surface area (Å²) in [4.78, 5) is 12.1. The Hall–Kier alpha value is -0.560. The zero-order valence-corrected chi connectivity index (χ0v) is 37.7. The fourth-order valence-corrected chi connectivity index (χ4v) is 8.43. The second-order valence-electron chi connectivity index (χ2n) is 19.4. The minimum atomic E-state index is -2.18. The van der Waals surface area contributed by atoms with Crippen LogP contribution >= 0.6 is 10.9 Å². The monoisotopic (exact) mass is 757 g/mol. The van der Waals surface area contributed by atoms with Gasteiger partial charge in [-0.3, -0.25) is 12.5 Å². The Labute approximate surface area is 328 Å². The Bertz CT molecular complexity index is 767. The molecule has 0 heterocycles. The minimum Gasteiger partial charge on any atom is -0.462 e. The molecule has 0 atom stereocenters. The topological polar surface area (TPSA) is 54.0 Å². The zero-order valence-electron chi connectivity index (χ0n) is 36.9. The first-order valence-corrected chi connectivity index (χ1v) is 23.6. The molecular weight excluding hydrogens is 665 g/mol. The second-order valence-corrected chi connectivity index (χ2v) is 21.6. The first kappa shape index (κ1) is 51.4. The molecule has 52 heavy (non-hydrogen) atoms. The van der Waals surface area contributed by atoms with Gasteiger partial charge >= 0.3 is 5.97 Å². The standard InChI is InChI=1S/C46H92O5S/c1-42(2)43(47)48-37-33-41-52(49-38-30-24-18-12-15-21-27-34-44(3,4)5,50-39-31-25-19-13-16-22-28-35-45(6,7)8)51-40-32-26-20-14-17-23-29-36-46(9,10)11/h1,12-41H2,2-11H3. The predicted molar refractivity (Wildman–Crippen MR) is 230 cm³/mol. The number of hydrogen-bond acceptors (Lipinski definition) is 5. The Balaban J connectivity index is 5.00. The number of carbonyl (C=O) groups excluding carboxylic acids is 1. The third-order valence-electron chi connectivity index (χ3n) is 9.62. The van der Waals surface area contributed by atoms with Gasteiger partial charge in [-0.25, -0.2) is 4.79 Å². The molecule has 312 valence electrons. The molecule has 0 amide bonds. The van der Waals surface area contributed by atoms with Crippen LogP contribution in [0.2, 0.25) is 0 Å².